The van der Waals surface area contributed by atoms with Crippen LogP contribution in [0.3, 0.4) is 0 Å². The van der Waals surface area contributed by atoms with Crippen LogP contribution in [0.25, 0.3) is 0 Å². The molecule has 1 unspecified atom stereocenters. The molecule has 1 heterocycles. The minimum atomic E-state index is -0.477. The number of morpholine rings is 1. The largest absolute Gasteiger partial charge is 0.370 e. The zero-order valence-corrected chi connectivity index (χ0v) is 17.3. The highest BCUT2D eigenvalue weighted by Crippen LogP contribution is 2.38. The highest BCUT2D eigenvalue weighted by atomic mass is 32.2. The van der Waals surface area contributed by atoms with Crippen LogP contribution in [0.4, 0.5) is 10.1 Å². The maximum Gasteiger partial charge on any atom is 0.270 e. The van der Waals surface area contributed by atoms with E-state index in [-0.39, 0.29) is 24.0 Å². The lowest BCUT2D eigenvalue weighted by Crippen LogP contribution is -2.42. The Morgan fingerprint density at radius 3 is 2.73 bits per heavy atom. The Bertz CT molecular complexity index is 948. The van der Waals surface area contributed by atoms with Gasteiger partial charge in [0, 0.05) is 28.8 Å². The predicted molar refractivity (Wildman–Crippen MR) is 112 cm³/mol. The number of nitro benzene ring substituents is 1. The lowest BCUT2D eigenvalue weighted by atomic mass is 10.1. The number of nitro groups is 1. The van der Waals surface area contributed by atoms with Crippen LogP contribution in [-0.4, -0.2) is 40.7 Å². The summed E-state index contributed by atoms with van der Waals surface area (Å²) < 4.78 is 19.4. The van der Waals surface area contributed by atoms with E-state index in [9.17, 15) is 19.3 Å². The van der Waals surface area contributed by atoms with E-state index < -0.39 is 11.0 Å². The van der Waals surface area contributed by atoms with Gasteiger partial charge >= 0.3 is 0 Å². The van der Waals surface area contributed by atoms with Crippen LogP contribution in [0.15, 0.2) is 47.4 Å². The van der Waals surface area contributed by atoms with Gasteiger partial charge in [-0.05, 0) is 36.6 Å². The minimum absolute atomic E-state index is 0.0935. The van der Waals surface area contributed by atoms with Crippen molar-refractivity contribution in [3.8, 4) is 0 Å². The summed E-state index contributed by atoms with van der Waals surface area (Å²) in [6.07, 6.45) is 4.10. The first-order valence-corrected chi connectivity index (χ1v) is 11.0. The van der Waals surface area contributed by atoms with Gasteiger partial charge in [0.05, 0.1) is 23.6 Å². The normalized spacial score (nSPS) is 19.8. The topological polar surface area (TPSA) is 72.7 Å². The van der Waals surface area contributed by atoms with Crippen LogP contribution in [0, 0.1) is 15.9 Å². The highest BCUT2D eigenvalue weighted by molar-refractivity contribution is 8.00. The fourth-order valence-electron chi connectivity index (χ4n) is 4.00. The maximum atomic E-state index is 13.6. The summed E-state index contributed by atoms with van der Waals surface area (Å²) in [7, 11) is 0. The lowest BCUT2D eigenvalue weighted by Gasteiger charge is -2.33. The molecule has 1 aliphatic heterocycles. The zero-order valence-electron chi connectivity index (χ0n) is 16.5. The minimum Gasteiger partial charge on any atom is -0.370 e. The van der Waals surface area contributed by atoms with Crippen LogP contribution < -0.4 is 0 Å². The van der Waals surface area contributed by atoms with Gasteiger partial charge in [-0.25, -0.2) is 4.39 Å². The number of amides is 1. The molecule has 6 nitrogen and oxygen atoms in total. The van der Waals surface area contributed by atoms with Crippen molar-refractivity contribution in [2.45, 2.75) is 41.9 Å². The van der Waals surface area contributed by atoms with Crippen LogP contribution in [-0.2, 0) is 4.74 Å². The molecule has 2 aromatic carbocycles. The molecule has 0 spiro atoms. The van der Waals surface area contributed by atoms with E-state index in [1.807, 2.05) is 0 Å². The van der Waals surface area contributed by atoms with Gasteiger partial charge in [-0.1, -0.05) is 25.0 Å². The Morgan fingerprint density at radius 2 is 2.00 bits per heavy atom. The Balaban J connectivity index is 1.58. The molecule has 2 fully saturated rings. The molecule has 1 saturated heterocycles. The van der Waals surface area contributed by atoms with Crippen molar-refractivity contribution in [1.82, 2.24) is 4.90 Å². The molecule has 0 radical (unpaired) electrons. The molecule has 1 atom stereocenters. The molecule has 1 aliphatic carbocycles. The van der Waals surface area contributed by atoms with E-state index in [1.54, 1.807) is 34.9 Å². The van der Waals surface area contributed by atoms with Gasteiger partial charge in [-0.15, -0.1) is 11.8 Å². The molecule has 0 bridgehead atoms. The van der Waals surface area contributed by atoms with E-state index in [0.717, 1.165) is 17.7 Å². The van der Waals surface area contributed by atoms with Gasteiger partial charge in [-0.3, -0.25) is 14.9 Å². The number of nitrogens with zero attached hydrogens (tertiary/aromatic N) is 2. The molecular weight excluding hydrogens is 407 g/mol. The molecule has 2 aliphatic rings. The summed E-state index contributed by atoms with van der Waals surface area (Å²) in [5.74, 6) is -0.600. The predicted octanol–water partition coefficient (Wildman–Crippen LogP) is 4.98. The molecule has 1 amide bonds. The molecule has 158 valence electrons. The molecular formula is C22H23FN2O4S. The second-order valence-corrected chi connectivity index (χ2v) is 8.97. The third-order valence-corrected chi connectivity index (χ3v) is 6.99. The van der Waals surface area contributed by atoms with Gasteiger partial charge in [0.25, 0.3) is 11.6 Å². The van der Waals surface area contributed by atoms with Crippen molar-refractivity contribution >= 4 is 23.4 Å². The second kappa shape index (κ2) is 9.14. The molecule has 30 heavy (non-hydrogen) atoms. The Kier molecular flexibility index (Phi) is 6.34. The molecule has 0 aromatic heterocycles. The van der Waals surface area contributed by atoms with E-state index in [2.05, 4.69) is 0 Å². The summed E-state index contributed by atoms with van der Waals surface area (Å²) in [6.45, 7) is 0.992. The summed E-state index contributed by atoms with van der Waals surface area (Å²) in [5.41, 5.74) is 0.942. The van der Waals surface area contributed by atoms with Gasteiger partial charge < -0.3 is 9.64 Å². The third kappa shape index (κ3) is 4.65. The number of halogens is 1. The fourth-order valence-corrected chi connectivity index (χ4v) is 5.35. The van der Waals surface area contributed by atoms with Crippen molar-refractivity contribution in [3.63, 3.8) is 0 Å². The van der Waals surface area contributed by atoms with E-state index in [0.29, 0.717) is 29.5 Å². The molecule has 0 N–H and O–H groups in total. The molecule has 4 rings (SSSR count). The summed E-state index contributed by atoms with van der Waals surface area (Å²) in [4.78, 5) is 26.6. The van der Waals surface area contributed by atoms with Gasteiger partial charge in [-0.2, -0.15) is 0 Å². The first-order valence-electron chi connectivity index (χ1n) is 10.1. The van der Waals surface area contributed by atoms with Crippen molar-refractivity contribution in [1.29, 1.82) is 0 Å². The Morgan fingerprint density at radius 1 is 1.20 bits per heavy atom. The smallest absolute Gasteiger partial charge is 0.270 e. The molecule has 2 aromatic rings. The number of hydrogen-bond acceptors (Lipinski definition) is 5. The number of thioether (sulfide) groups is 1. The lowest BCUT2D eigenvalue weighted by molar-refractivity contribution is -0.384. The number of non-ortho nitro benzene ring substituents is 1. The second-order valence-electron chi connectivity index (χ2n) is 7.63. The van der Waals surface area contributed by atoms with E-state index in [1.165, 1.54) is 37.1 Å². The zero-order chi connectivity index (χ0) is 21.1. The molecule has 8 heteroatoms. The quantitative estimate of drug-likeness (QED) is 0.494. The van der Waals surface area contributed by atoms with Crippen molar-refractivity contribution in [3.05, 3.63) is 69.5 Å². The van der Waals surface area contributed by atoms with Crippen LogP contribution in [0.5, 0.6) is 0 Å². The van der Waals surface area contributed by atoms with Crippen LogP contribution in [0.2, 0.25) is 0 Å². The van der Waals surface area contributed by atoms with Crippen molar-refractivity contribution < 1.29 is 18.8 Å². The van der Waals surface area contributed by atoms with Crippen molar-refractivity contribution in [2.75, 3.05) is 19.7 Å². The molecule has 1 saturated carbocycles. The van der Waals surface area contributed by atoms with E-state index in [4.69, 9.17) is 4.74 Å². The standard InChI is InChI=1S/C22H23FN2O4S/c23-16-5-3-4-15(12-16)20-14-24(10-11-29-20)22(26)19-13-17(25(27)28)8-9-21(19)30-18-6-1-2-7-18/h3-5,8-9,12-13,18,20H,1-2,6-7,10-11,14H2. The monoisotopic (exact) mass is 430 g/mol. The van der Waals surface area contributed by atoms with Gasteiger partial charge in [0.1, 0.15) is 11.9 Å². The third-order valence-electron chi connectivity index (χ3n) is 5.57. The summed E-state index contributed by atoms with van der Waals surface area (Å²) >= 11 is 1.64. The number of ether oxygens (including phenoxy) is 1. The van der Waals surface area contributed by atoms with Crippen LogP contribution >= 0.6 is 11.8 Å². The number of carbonyl (C=O) groups is 1. The number of rotatable bonds is 5. The summed E-state index contributed by atoms with van der Waals surface area (Å²) in [5, 5.41) is 11.7. The highest BCUT2D eigenvalue weighted by Gasteiger charge is 2.29. The SMILES string of the molecule is O=C(c1cc([N+](=O)[O-])ccc1SC1CCCC1)N1CCOC(c2cccc(F)c2)C1. The average molecular weight is 431 g/mol. The number of benzene rings is 2. The number of hydrogen-bond donors (Lipinski definition) is 0. The number of carbonyl (C=O) groups excluding carboxylic acids is 1. The first-order chi connectivity index (χ1) is 14.5. The summed E-state index contributed by atoms with van der Waals surface area (Å²) in [6, 6.07) is 10.7. The van der Waals surface area contributed by atoms with Gasteiger partial charge in [0.2, 0.25) is 0 Å². The first kappa shape index (κ1) is 20.8. The van der Waals surface area contributed by atoms with Crippen LogP contribution in [0.1, 0.15) is 47.7 Å². The Labute approximate surface area is 178 Å². The fraction of sp³-hybridized carbons (Fsp3) is 0.409. The average Bonchev–Trinajstić information content (AvgIpc) is 3.26. The van der Waals surface area contributed by atoms with Gasteiger partial charge in [0.15, 0.2) is 0 Å². The van der Waals surface area contributed by atoms with E-state index >= 15 is 0 Å². The maximum absolute atomic E-state index is 13.6. The van der Waals surface area contributed by atoms with Crippen molar-refractivity contribution in [2.24, 2.45) is 0 Å². The Hall–Kier alpha value is -2.45.